The number of alkyl halides is 3. The molecule has 3 aromatic heterocycles. The molecule has 3 heterocycles. The first-order chi connectivity index (χ1) is 14.7. The normalized spacial score (nSPS) is 12.7. The number of nitrogens with zero attached hydrogens (tertiary/aromatic N) is 4. The van der Waals surface area contributed by atoms with Gasteiger partial charge in [-0.3, -0.25) is 9.20 Å². The number of imidazole rings is 1. The van der Waals surface area contributed by atoms with Crippen LogP contribution in [0.3, 0.4) is 0 Å². The largest absolute Gasteiger partial charge is 0.416 e. The van der Waals surface area contributed by atoms with Crippen LogP contribution < -0.4 is 10.6 Å². The molecule has 0 aliphatic carbocycles. The minimum atomic E-state index is -4.38. The number of carbonyl (C=O) groups is 1. The van der Waals surface area contributed by atoms with Crippen LogP contribution in [0.2, 0.25) is 0 Å². The molecule has 0 bridgehead atoms. The zero-order valence-corrected chi connectivity index (χ0v) is 18.2. The Labute approximate surface area is 186 Å². The molecule has 12 heteroatoms. The Morgan fingerprint density at radius 1 is 1.13 bits per heavy atom. The number of benzene rings is 1. The topological polar surface area (TPSA) is 84.2 Å². The molecule has 4 aromatic rings. The van der Waals surface area contributed by atoms with Gasteiger partial charge in [0.25, 0.3) is 5.91 Å². The van der Waals surface area contributed by atoms with E-state index in [1.165, 1.54) is 29.7 Å². The minimum Gasteiger partial charge on any atom is -0.343 e. The van der Waals surface area contributed by atoms with E-state index in [1.54, 1.807) is 29.9 Å². The molecule has 0 saturated carbocycles. The molecular weight excluding hydrogens is 497 g/mol. The average Bonchev–Trinajstić information content (AvgIpc) is 3.34. The summed E-state index contributed by atoms with van der Waals surface area (Å²) in [6.45, 7) is 1.80. The lowest BCUT2D eigenvalue weighted by Gasteiger charge is -2.11. The van der Waals surface area contributed by atoms with Gasteiger partial charge in [0, 0.05) is 23.0 Å². The summed E-state index contributed by atoms with van der Waals surface area (Å²) in [4.78, 5) is 25.8. The van der Waals surface area contributed by atoms with Crippen molar-refractivity contribution >= 4 is 49.6 Å². The summed E-state index contributed by atoms with van der Waals surface area (Å²) in [5, 5.41) is 6.32. The van der Waals surface area contributed by atoms with E-state index in [2.05, 4.69) is 41.5 Å². The summed E-state index contributed by atoms with van der Waals surface area (Å²) in [7, 11) is 0. The van der Waals surface area contributed by atoms with Crippen LogP contribution in [0.25, 0.3) is 5.65 Å². The molecule has 1 aromatic carbocycles. The van der Waals surface area contributed by atoms with Gasteiger partial charge < -0.3 is 10.6 Å². The molecule has 4 rings (SSSR count). The number of rotatable bonds is 5. The zero-order valence-electron chi connectivity index (χ0n) is 15.8. The van der Waals surface area contributed by atoms with Gasteiger partial charge in [0.2, 0.25) is 0 Å². The Balaban J connectivity index is 1.42. The smallest absolute Gasteiger partial charge is 0.343 e. The number of amides is 1. The molecule has 0 saturated heterocycles. The maximum Gasteiger partial charge on any atom is 0.416 e. The molecule has 0 aliphatic rings. The van der Waals surface area contributed by atoms with Crippen molar-refractivity contribution in [2.45, 2.75) is 19.1 Å². The van der Waals surface area contributed by atoms with Crippen molar-refractivity contribution < 1.29 is 18.0 Å². The van der Waals surface area contributed by atoms with Crippen LogP contribution in [0.15, 0.2) is 53.7 Å². The van der Waals surface area contributed by atoms with Crippen LogP contribution in [0.5, 0.6) is 0 Å². The van der Waals surface area contributed by atoms with E-state index in [9.17, 15) is 18.0 Å². The highest BCUT2D eigenvalue weighted by Gasteiger charge is 2.30. The maximum atomic E-state index is 12.7. The van der Waals surface area contributed by atoms with E-state index in [0.717, 1.165) is 17.0 Å². The second kappa shape index (κ2) is 8.27. The predicted octanol–water partition coefficient (Wildman–Crippen LogP) is 5.20. The van der Waals surface area contributed by atoms with E-state index >= 15 is 0 Å². The Kier molecular flexibility index (Phi) is 5.67. The summed E-state index contributed by atoms with van der Waals surface area (Å²) >= 11 is 4.64. The summed E-state index contributed by atoms with van der Waals surface area (Å²) in [5.74, 6) is -0.361. The molecule has 7 nitrogen and oxygen atoms in total. The first kappa shape index (κ1) is 21.2. The summed E-state index contributed by atoms with van der Waals surface area (Å²) < 4.78 is 40.4. The fraction of sp³-hybridized carbons (Fsp3) is 0.158. The van der Waals surface area contributed by atoms with Crippen LogP contribution in [-0.4, -0.2) is 25.3 Å². The van der Waals surface area contributed by atoms with Gasteiger partial charge in [-0.1, -0.05) is 11.3 Å². The van der Waals surface area contributed by atoms with E-state index in [4.69, 9.17) is 0 Å². The monoisotopic (exact) mass is 510 g/mol. The Bertz CT molecular complexity index is 1240. The number of thiazole rings is 1. The van der Waals surface area contributed by atoms with Crippen molar-refractivity contribution in [3.05, 3.63) is 69.8 Å². The highest BCUT2D eigenvalue weighted by molar-refractivity contribution is 9.10. The van der Waals surface area contributed by atoms with Gasteiger partial charge in [0.15, 0.2) is 10.8 Å². The number of nitrogens with one attached hydrogen (secondary N) is 2. The number of carbonyl (C=O) groups excluding carboxylic acids is 1. The van der Waals surface area contributed by atoms with E-state index in [1.807, 2.05) is 0 Å². The van der Waals surface area contributed by atoms with Gasteiger partial charge in [-0.2, -0.15) is 13.2 Å². The van der Waals surface area contributed by atoms with Crippen LogP contribution in [-0.2, 0) is 6.18 Å². The number of hydrogen-bond donors (Lipinski definition) is 2. The Morgan fingerprint density at radius 3 is 2.58 bits per heavy atom. The van der Waals surface area contributed by atoms with Crippen molar-refractivity contribution in [2.24, 2.45) is 0 Å². The van der Waals surface area contributed by atoms with Gasteiger partial charge in [-0.25, -0.2) is 15.0 Å². The fourth-order valence-corrected chi connectivity index (χ4v) is 3.95. The predicted molar refractivity (Wildman–Crippen MR) is 113 cm³/mol. The Hall–Kier alpha value is -2.99. The third-order valence-corrected chi connectivity index (χ3v) is 6.03. The van der Waals surface area contributed by atoms with Crippen LogP contribution in [0.1, 0.15) is 33.9 Å². The summed E-state index contributed by atoms with van der Waals surface area (Å²) in [6, 6.07) is 4.33. The van der Waals surface area contributed by atoms with Crippen molar-refractivity contribution in [1.29, 1.82) is 0 Å². The quantitative estimate of drug-likeness (QED) is 0.385. The van der Waals surface area contributed by atoms with Gasteiger partial charge in [-0.05, 0) is 47.1 Å². The molecule has 1 amide bonds. The number of aromatic nitrogens is 4. The third kappa shape index (κ3) is 4.69. The first-order valence-corrected chi connectivity index (χ1v) is 10.5. The number of hydrogen-bond acceptors (Lipinski definition) is 6. The molecule has 1 atom stereocenters. The molecule has 0 radical (unpaired) electrons. The van der Waals surface area contributed by atoms with Gasteiger partial charge >= 0.3 is 6.18 Å². The summed E-state index contributed by atoms with van der Waals surface area (Å²) in [5.41, 5.74) is 0.598. The van der Waals surface area contributed by atoms with E-state index < -0.39 is 11.7 Å². The van der Waals surface area contributed by atoms with Crippen LogP contribution in [0, 0.1) is 0 Å². The second-order valence-corrected chi connectivity index (χ2v) is 8.42. The van der Waals surface area contributed by atoms with Crippen LogP contribution >= 0.6 is 27.3 Å². The molecule has 0 spiro atoms. The standard InChI is InChI=1S/C19H14BrF3N6OS/c1-10(27-17(30)13-9-29-15(20)7-25-16(29)8-24-13)14-6-26-18(31-14)28-12-4-2-11(3-5-12)19(21,22)23/h2-10H,1H3,(H,26,28)(H,27,30). The van der Waals surface area contributed by atoms with Gasteiger partial charge in [-0.15, -0.1) is 0 Å². The molecule has 160 valence electrons. The van der Waals surface area contributed by atoms with Crippen molar-refractivity contribution in [3.8, 4) is 0 Å². The number of fused-ring (bicyclic) bond motifs is 1. The number of halogens is 4. The molecule has 2 N–H and O–H groups in total. The summed E-state index contributed by atoms with van der Waals surface area (Å²) in [6.07, 6.45) is 1.92. The number of anilines is 2. The van der Waals surface area contributed by atoms with Crippen molar-refractivity contribution in [3.63, 3.8) is 0 Å². The van der Waals surface area contributed by atoms with Gasteiger partial charge in [0.05, 0.1) is 24.0 Å². The lowest BCUT2D eigenvalue weighted by Crippen LogP contribution is -2.27. The fourth-order valence-electron chi connectivity index (χ4n) is 2.73. The Morgan fingerprint density at radius 2 is 1.87 bits per heavy atom. The first-order valence-electron chi connectivity index (χ1n) is 8.90. The molecule has 1 unspecified atom stereocenters. The molecule has 0 aliphatic heterocycles. The lowest BCUT2D eigenvalue weighted by molar-refractivity contribution is -0.137. The maximum absolute atomic E-state index is 12.7. The second-order valence-electron chi connectivity index (χ2n) is 6.54. The molecule has 0 fully saturated rings. The van der Waals surface area contributed by atoms with Crippen molar-refractivity contribution in [2.75, 3.05) is 5.32 Å². The minimum absolute atomic E-state index is 0.227. The van der Waals surface area contributed by atoms with Crippen LogP contribution in [0.4, 0.5) is 24.0 Å². The van der Waals surface area contributed by atoms with E-state index in [-0.39, 0.29) is 17.6 Å². The SMILES string of the molecule is CC(NC(=O)c1cn2c(Br)cnc2cn1)c1cnc(Nc2ccc(C(F)(F)F)cc2)s1. The zero-order chi connectivity index (χ0) is 22.2. The van der Waals surface area contributed by atoms with E-state index in [0.29, 0.717) is 21.1 Å². The third-order valence-electron chi connectivity index (χ3n) is 4.34. The molecule has 31 heavy (non-hydrogen) atoms. The highest BCUT2D eigenvalue weighted by Crippen LogP contribution is 2.31. The lowest BCUT2D eigenvalue weighted by atomic mass is 10.2. The highest BCUT2D eigenvalue weighted by atomic mass is 79.9. The van der Waals surface area contributed by atoms with Gasteiger partial charge in [0.1, 0.15) is 10.3 Å². The van der Waals surface area contributed by atoms with Crippen molar-refractivity contribution in [1.82, 2.24) is 24.7 Å². The molecular formula is C19H14BrF3N6OS. The average molecular weight is 511 g/mol.